The lowest BCUT2D eigenvalue weighted by atomic mass is 9.94. The first kappa shape index (κ1) is 13.9. The van der Waals surface area contributed by atoms with Crippen LogP contribution in [0.1, 0.15) is 64.2 Å². The van der Waals surface area contributed by atoms with Crippen LogP contribution in [0.3, 0.4) is 0 Å². The molecule has 2 heteroatoms. The van der Waals surface area contributed by atoms with Gasteiger partial charge in [-0.1, -0.05) is 25.7 Å². The molecule has 0 amide bonds. The van der Waals surface area contributed by atoms with Crippen molar-refractivity contribution in [1.29, 1.82) is 0 Å². The summed E-state index contributed by atoms with van der Waals surface area (Å²) in [6.45, 7) is 2.69. The SMILES string of the molecule is CNC(CN1CCCC1C1CCCC1)C1CCCC1. The molecule has 0 bridgehead atoms. The number of rotatable bonds is 5. The summed E-state index contributed by atoms with van der Waals surface area (Å²) in [5.41, 5.74) is 0. The second-order valence-corrected chi connectivity index (χ2v) is 7.19. The molecule has 1 saturated heterocycles. The lowest BCUT2D eigenvalue weighted by molar-refractivity contribution is 0.157. The zero-order valence-electron chi connectivity index (χ0n) is 12.7. The molecule has 0 aromatic rings. The molecule has 2 saturated carbocycles. The highest BCUT2D eigenvalue weighted by atomic mass is 15.2. The van der Waals surface area contributed by atoms with Gasteiger partial charge in [0.25, 0.3) is 0 Å². The van der Waals surface area contributed by atoms with Crippen LogP contribution in [0.5, 0.6) is 0 Å². The van der Waals surface area contributed by atoms with Crippen LogP contribution in [0.4, 0.5) is 0 Å². The minimum absolute atomic E-state index is 0.754. The predicted molar refractivity (Wildman–Crippen MR) is 81.4 cm³/mol. The molecule has 1 heterocycles. The summed E-state index contributed by atoms with van der Waals surface area (Å²) in [6, 6.07) is 1.68. The van der Waals surface area contributed by atoms with Crippen molar-refractivity contribution in [3.05, 3.63) is 0 Å². The van der Waals surface area contributed by atoms with Crippen LogP contribution in [0.15, 0.2) is 0 Å². The van der Waals surface area contributed by atoms with Crippen molar-refractivity contribution in [1.82, 2.24) is 10.2 Å². The molecule has 110 valence electrons. The Balaban J connectivity index is 1.57. The number of likely N-dealkylation sites (N-methyl/N-ethyl adjacent to an activating group) is 1. The first-order valence-electron chi connectivity index (χ1n) is 8.80. The fraction of sp³-hybridized carbons (Fsp3) is 1.00. The molecule has 0 aromatic heterocycles. The molecule has 0 aromatic carbocycles. The van der Waals surface area contributed by atoms with Crippen LogP contribution in [-0.4, -0.2) is 37.1 Å². The molecular formula is C17H32N2. The molecule has 2 nitrogen and oxygen atoms in total. The smallest absolute Gasteiger partial charge is 0.0220 e. The van der Waals surface area contributed by atoms with Crippen LogP contribution in [0, 0.1) is 11.8 Å². The molecule has 3 fully saturated rings. The van der Waals surface area contributed by atoms with Gasteiger partial charge in [-0.15, -0.1) is 0 Å². The van der Waals surface area contributed by atoms with Gasteiger partial charge in [-0.2, -0.15) is 0 Å². The summed E-state index contributed by atoms with van der Waals surface area (Å²) < 4.78 is 0. The van der Waals surface area contributed by atoms with Gasteiger partial charge in [-0.25, -0.2) is 0 Å². The Morgan fingerprint density at radius 3 is 2.32 bits per heavy atom. The van der Waals surface area contributed by atoms with Crippen LogP contribution < -0.4 is 5.32 Å². The van der Waals surface area contributed by atoms with Gasteiger partial charge in [0.05, 0.1) is 0 Å². The molecule has 0 spiro atoms. The highest BCUT2D eigenvalue weighted by molar-refractivity contribution is 4.91. The van der Waals surface area contributed by atoms with Crippen molar-refractivity contribution in [2.24, 2.45) is 11.8 Å². The largest absolute Gasteiger partial charge is 0.315 e. The monoisotopic (exact) mass is 264 g/mol. The average Bonchev–Trinajstić information content (AvgIpc) is 3.15. The average molecular weight is 264 g/mol. The van der Waals surface area contributed by atoms with Crippen molar-refractivity contribution in [2.75, 3.05) is 20.1 Å². The topological polar surface area (TPSA) is 15.3 Å². The van der Waals surface area contributed by atoms with Gasteiger partial charge in [0.2, 0.25) is 0 Å². The molecule has 2 aliphatic carbocycles. The molecule has 2 unspecified atom stereocenters. The number of hydrogen-bond acceptors (Lipinski definition) is 2. The van der Waals surface area contributed by atoms with Gasteiger partial charge in [-0.05, 0) is 64.0 Å². The molecular weight excluding hydrogens is 232 g/mol. The summed E-state index contributed by atoms with van der Waals surface area (Å²) in [4.78, 5) is 2.86. The summed E-state index contributed by atoms with van der Waals surface area (Å²) in [5.74, 6) is 1.98. The van der Waals surface area contributed by atoms with E-state index in [2.05, 4.69) is 17.3 Å². The van der Waals surface area contributed by atoms with Gasteiger partial charge in [0.15, 0.2) is 0 Å². The third-order valence-electron chi connectivity index (χ3n) is 6.13. The second-order valence-electron chi connectivity index (χ2n) is 7.19. The van der Waals surface area contributed by atoms with Crippen LogP contribution >= 0.6 is 0 Å². The lowest BCUT2D eigenvalue weighted by Crippen LogP contribution is -2.46. The zero-order chi connectivity index (χ0) is 13.1. The number of likely N-dealkylation sites (tertiary alicyclic amines) is 1. The Kier molecular flexibility index (Phi) is 4.81. The molecule has 2 atom stereocenters. The van der Waals surface area contributed by atoms with Gasteiger partial charge in [0.1, 0.15) is 0 Å². The fourth-order valence-electron chi connectivity index (χ4n) is 5.04. The summed E-state index contributed by atoms with van der Waals surface area (Å²) in [7, 11) is 2.18. The van der Waals surface area contributed by atoms with E-state index in [4.69, 9.17) is 0 Å². The standard InChI is InChI=1S/C17H32N2/c1-18-16(14-7-2-3-8-14)13-19-12-6-11-17(19)15-9-4-5-10-15/h14-18H,2-13H2,1H3. The van der Waals surface area contributed by atoms with E-state index in [1.807, 2.05) is 0 Å². The Morgan fingerprint density at radius 2 is 1.63 bits per heavy atom. The quantitative estimate of drug-likeness (QED) is 0.818. The normalized spacial score (nSPS) is 32.4. The Morgan fingerprint density at radius 1 is 0.947 bits per heavy atom. The third kappa shape index (κ3) is 3.16. The minimum Gasteiger partial charge on any atom is -0.315 e. The molecule has 1 N–H and O–H groups in total. The van der Waals surface area contributed by atoms with E-state index in [1.54, 1.807) is 0 Å². The Hall–Kier alpha value is -0.0800. The van der Waals surface area contributed by atoms with Crippen molar-refractivity contribution in [2.45, 2.75) is 76.3 Å². The lowest BCUT2D eigenvalue weighted by Gasteiger charge is -2.34. The van der Waals surface area contributed by atoms with Gasteiger partial charge in [0, 0.05) is 18.6 Å². The molecule has 19 heavy (non-hydrogen) atoms. The maximum Gasteiger partial charge on any atom is 0.0220 e. The van der Waals surface area contributed by atoms with Crippen LogP contribution in [-0.2, 0) is 0 Å². The summed E-state index contributed by atoms with van der Waals surface area (Å²) in [5, 5.41) is 3.64. The summed E-state index contributed by atoms with van der Waals surface area (Å²) in [6.07, 6.45) is 14.8. The van der Waals surface area contributed by atoms with Crippen molar-refractivity contribution in [3.63, 3.8) is 0 Å². The van der Waals surface area contributed by atoms with E-state index in [0.29, 0.717) is 0 Å². The van der Waals surface area contributed by atoms with E-state index in [9.17, 15) is 0 Å². The van der Waals surface area contributed by atoms with Crippen LogP contribution in [0.2, 0.25) is 0 Å². The van der Waals surface area contributed by atoms with Gasteiger partial charge in [-0.3, -0.25) is 4.90 Å². The molecule has 3 aliphatic rings. The Labute approximate surface area is 119 Å². The Bertz CT molecular complexity index is 266. The minimum atomic E-state index is 0.754. The third-order valence-corrected chi connectivity index (χ3v) is 6.13. The molecule has 0 radical (unpaired) electrons. The van der Waals surface area contributed by atoms with Gasteiger partial charge >= 0.3 is 0 Å². The first-order valence-corrected chi connectivity index (χ1v) is 8.80. The first-order chi connectivity index (χ1) is 9.38. The van der Waals surface area contributed by atoms with Gasteiger partial charge < -0.3 is 5.32 Å². The van der Waals surface area contributed by atoms with E-state index < -0.39 is 0 Å². The fourth-order valence-corrected chi connectivity index (χ4v) is 5.04. The van der Waals surface area contributed by atoms with E-state index in [1.165, 1.54) is 77.3 Å². The number of hydrogen-bond donors (Lipinski definition) is 1. The van der Waals surface area contributed by atoms with E-state index in [-0.39, 0.29) is 0 Å². The zero-order valence-corrected chi connectivity index (χ0v) is 12.7. The molecule has 1 aliphatic heterocycles. The van der Waals surface area contributed by atoms with Crippen molar-refractivity contribution in [3.8, 4) is 0 Å². The summed E-state index contributed by atoms with van der Waals surface area (Å²) >= 11 is 0. The second kappa shape index (κ2) is 6.58. The maximum absolute atomic E-state index is 3.64. The van der Waals surface area contributed by atoms with E-state index in [0.717, 1.165) is 23.9 Å². The highest BCUT2D eigenvalue weighted by Gasteiger charge is 2.35. The number of nitrogens with one attached hydrogen (secondary N) is 1. The van der Waals surface area contributed by atoms with Crippen LogP contribution in [0.25, 0.3) is 0 Å². The number of nitrogens with zero attached hydrogens (tertiary/aromatic N) is 1. The van der Waals surface area contributed by atoms with Crippen molar-refractivity contribution < 1.29 is 0 Å². The van der Waals surface area contributed by atoms with E-state index >= 15 is 0 Å². The maximum atomic E-state index is 3.64. The van der Waals surface area contributed by atoms with Crippen molar-refractivity contribution >= 4 is 0 Å². The highest BCUT2D eigenvalue weighted by Crippen LogP contribution is 2.36. The predicted octanol–water partition coefficient (Wildman–Crippen LogP) is 3.42. The molecule has 3 rings (SSSR count).